The second-order valence-electron chi connectivity index (χ2n) is 9.28. The van der Waals surface area contributed by atoms with Crippen molar-refractivity contribution in [3.05, 3.63) is 48.2 Å². The van der Waals surface area contributed by atoms with Gasteiger partial charge in [0.05, 0.1) is 13.7 Å². The number of sulfonamides is 1. The summed E-state index contributed by atoms with van der Waals surface area (Å²) in [5.74, 6) is 0.170. The van der Waals surface area contributed by atoms with Gasteiger partial charge in [-0.25, -0.2) is 23.2 Å². The monoisotopic (exact) mass is 556 g/mol. The van der Waals surface area contributed by atoms with Gasteiger partial charge in [0.1, 0.15) is 29.5 Å². The number of carbonyl (C=O) groups excluding carboxylic acids is 2. The molecule has 1 amide bonds. The van der Waals surface area contributed by atoms with Crippen molar-refractivity contribution in [1.29, 1.82) is 0 Å². The molecule has 208 valence electrons. The van der Waals surface area contributed by atoms with Gasteiger partial charge in [-0.15, -0.1) is 0 Å². The molecule has 13 heteroatoms. The first kappa shape index (κ1) is 28.0. The average molecular weight is 557 g/mol. The van der Waals surface area contributed by atoms with Gasteiger partial charge in [-0.2, -0.15) is 4.72 Å². The standard InChI is InChI=1S/C26H32N6O6S/c1-5-38-26(34)20(14-17-13-16-9-11-28-24(27)18(16)15-21(17)37-4)32-12-10-19(25(32)33)30-39(35,36)23-8-6-7-22(29-23)31(2)3/h6-9,11,13,15,19-20,30H,5,10,12,14H2,1-4H3,(H2,27,28)/t19-,20+/m0/s1. The predicted octanol–water partition coefficient (Wildman–Crippen LogP) is 1.34. The van der Waals surface area contributed by atoms with Crippen LogP contribution in [0.3, 0.4) is 0 Å². The van der Waals surface area contributed by atoms with E-state index in [1.807, 2.05) is 6.07 Å². The summed E-state index contributed by atoms with van der Waals surface area (Å²) in [4.78, 5) is 37.8. The number of anilines is 2. The lowest BCUT2D eigenvalue weighted by atomic mass is 10.00. The maximum Gasteiger partial charge on any atom is 0.329 e. The largest absolute Gasteiger partial charge is 0.496 e. The Morgan fingerprint density at radius 1 is 1.28 bits per heavy atom. The van der Waals surface area contributed by atoms with Crippen LogP contribution < -0.4 is 20.1 Å². The maximum atomic E-state index is 13.4. The Hall–Kier alpha value is -3.97. The fourth-order valence-electron chi connectivity index (χ4n) is 4.56. The number of methoxy groups -OCH3 is 1. The zero-order valence-corrected chi connectivity index (χ0v) is 23.1. The molecule has 12 nitrogen and oxygen atoms in total. The first-order chi connectivity index (χ1) is 18.6. The third-order valence-electron chi connectivity index (χ3n) is 6.52. The fraction of sp³-hybridized carbons (Fsp3) is 0.385. The number of rotatable bonds is 10. The molecule has 2 atom stereocenters. The molecule has 1 saturated heterocycles. The Balaban J connectivity index is 1.60. The van der Waals surface area contributed by atoms with Gasteiger partial charge in [-0.1, -0.05) is 6.07 Å². The number of amides is 1. The van der Waals surface area contributed by atoms with E-state index < -0.39 is 34.0 Å². The number of ether oxygens (including phenoxy) is 2. The first-order valence-electron chi connectivity index (χ1n) is 12.4. The SMILES string of the molecule is CCOC(=O)[C@@H](Cc1cc2ccnc(N)c2cc1OC)N1CC[C@H](NS(=O)(=O)c2cccc(N(C)C)n2)C1=O. The lowest BCUT2D eigenvalue weighted by Gasteiger charge is -2.27. The normalized spacial score (nSPS) is 16.4. The van der Waals surface area contributed by atoms with Gasteiger partial charge in [0, 0.05) is 38.6 Å². The third-order valence-corrected chi connectivity index (χ3v) is 7.90. The van der Waals surface area contributed by atoms with Gasteiger partial charge in [0.15, 0.2) is 5.03 Å². The molecule has 0 spiro atoms. The molecule has 39 heavy (non-hydrogen) atoms. The van der Waals surface area contributed by atoms with Crippen molar-refractivity contribution in [2.75, 3.05) is 45.0 Å². The van der Waals surface area contributed by atoms with E-state index in [9.17, 15) is 18.0 Å². The first-order valence-corrected chi connectivity index (χ1v) is 13.9. The van der Waals surface area contributed by atoms with E-state index in [-0.39, 0.29) is 31.0 Å². The summed E-state index contributed by atoms with van der Waals surface area (Å²) in [7, 11) is 0.895. The highest BCUT2D eigenvalue weighted by molar-refractivity contribution is 7.89. The molecule has 2 aromatic heterocycles. The summed E-state index contributed by atoms with van der Waals surface area (Å²) >= 11 is 0. The van der Waals surface area contributed by atoms with Crippen LogP contribution in [0.4, 0.5) is 11.6 Å². The quantitative estimate of drug-likeness (QED) is 0.349. The van der Waals surface area contributed by atoms with E-state index in [1.54, 1.807) is 56.4 Å². The van der Waals surface area contributed by atoms with Gasteiger partial charge in [-0.05, 0) is 54.6 Å². The molecular formula is C26H32N6O6S. The van der Waals surface area contributed by atoms with E-state index >= 15 is 0 Å². The number of carbonyl (C=O) groups is 2. The van der Waals surface area contributed by atoms with Crippen molar-refractivity contribution < 1.29 is 27.5 Å². The number of hydrogen-bond acceptors (Lipinski definition) is 10. The molecule has 0 saturated carbocycles. The van der Waals surface area contributed by atoms with Crippen LogP contribution in [-0.2, 0) is 30.8 Å². The number of nitrogens with zero attached hydrogens (tertiary/aromatic N) is 4. The van der Waals surface area contributed by atoms with Gasteiger partial charge in [0.2, 0.25) is 5.91 Å². The molecule has 0 bridgehead atoms. The zero-order chi connectivity index (χ0) is 28.3. The molecule has 0 radical (unpaired) electrons. The van der Waals surface area contributed by atoms with Crippen LogP contribution >= 0.6 is 0 Å². The van der Waals surface area contributed by atoms with Crippen LogP contribution in [0, 0.1) is 0 Å². The maximum absolute atomic E-state index is 13.4. The minimum absolute atomic E-state index is 0.0951. The number of pyridine rings is 2. The zero-order valence-electron chi connectivity index (χ0n) is 22.2. The number of hydrogen-bond donors (Lipinski definition) is 2. The van der Waals surface area contributed by atoms with Gasteiger partial charge < -0.3 is 25.0 Å². The summed E-state index contributed by atoms with van der Waals surface area (Å²) < 4.78 is 39.4. The smallest absolute Gasteiger partial charge is 0.329 e. The number of fused-ring (bicyclic) bond motifs is 1. The van der Waals surface area contributed by atoms with Crippen molar-refractivity contribution in [3.8, 4) is 5.75 Å². The summed E-state index contributed by atoms with van der Waals surface area (Å²) in [5, 5.41) is 1.30. The fourth-order valence-corrected chi connectivity index (χ4v) is 5.74. The topological polar surface area (TPSA) is 157 Å². The molecule has 1 aromatic carbocycles. The third kappa shape index (κ3) is 5.88. The molecule has 4 rings (SSSR count). The number of nitrogen functional groups attached to an aromatic ring is 1. The van der Waals surface area contributed by atoms with Gasteiger partial charge in [-0.3, -0.25) is 4.79 Å². The van der Waals surface area contributed by atoms with Crippen molar-refractivity contribution in [1.82, 2.24) is 19.6 Å². The second-order valence-corrected chi connectivity index (χ2v) is 10.9. The Morgan fingerprint density at radius 2 is 2.05 bits per heavy atom. The van der Waals surface area contributed by atoms with Gasteiger partial charge >= 0.3 is 5.97 Å². The summed E-state index contributed by atoms with van der Waals surface area (Å²) in [5.41, 5.74) is 6.67. The van der Waals surface area contributed by atoms with Crippen molar-refractivity contribution in [2.24, 2.45) is 0 Å². The summed E-state index contributed by atoms with van der Waals surface area (Å²) in [6.45, 7) is 1.96. The number of nitrogens with one attached hydrogen (secondary N) is 1. The number of likely N-dealkylation sites (tertiary alicyclic amines) is 1. The van der Waals surface area contributed by atoms with Crippen LogP contribution in [0.5, 0.6) is 5.75 Å². The summed E-state index contributed by atoms with van der Waals surface area (Å²) in [6.07, 6.45) is 1.86. The van der Waals surface area contributed by atoms with Crippen molar-refractivity contribution >= 4 is 44.3 Å². The average Bonchev–Trinajstić information content (AvgIpc) is 3.25. The summed E-state index contributed by atoms with van der Waals surface area (Å²) in [6, 6.07) is 7.94. The number of aromatic nitrogens is 2. The van der Waals surface area contributed by atoms with Crippen LogP contribution in [-0.4, -0.2) is 81.6 Å². The minimum atomic E-state index is -4.10. The Morgan fingerprint density at radius 3 is 2.74 bits per heavy atom. The molecular weight excluding hydrogens is 524 g/mol. The van der Waals surface area contributed by atoms with Crippen LogP contribution in [0.15, 0.2) is 47.6 Å². The Bertz CT molecular complexity index is 1500. The minimum Gasteiger partial charge on any atom is -0.496 e. The Labute approximate surface area is 227 Å². The number of benzene rings is 1. The Kier molecular flexibility index (Phi) is 8.21. The predicted molar refractivity (Wildman–Crippen MR) is 146 cm³/mol. The molecule has 0 aliphatic carbocycles. The van der Waals surface area contributed by atoms with Crippen LogP contribution in [0.25, 0.3) is 10.8 Å². The van der Waals surface area contributed by atoms with E-state index in [4.69, 9.17) is 15.2 Å². The number of esters is 1. The molecule has 0 unspecified atom stereocenters. The van der Waals surface area contributed by atoms with E-state index in [1.165, 1.54) is 18.1 Å². The lowest BCUT2D eigenvalue weighted by Crippen LogP contribution is -2.48. The van der Waals surface area contributed by atoms with Gasteiger partial charge in [0.25, 0.3) is 10.0 Å². The molecule has 1 aliphatic heterocycles. The molecule has 3 N–H and O–H groups in total. The molecule has 1 fully saturated rings. The second kappa shape index (κ2) is 11.4. The molecule has 3 aromatic rings. The molecule has 1 aliphatic rings. The van der Waals surface area contributed by atoms with Crippen molar-refractivity contribution in [3.63, 3.8) is 0 Å². The highest BCUT2D eigenvalue weighted by Crippen LogP contribution is 2.31. The highest BCUT2D eigenvalue weighted by Gasteiger charge is 2.42. The van der Waals surface area contributed by atoms with E-state index in [0.29, 0.717) is 28.3 Å². The van der Waals surface area contributed by atoms with Crippen molar-refractivity contribution in [2.45, 2.75) is 36.9 Å². The van der Waals surface area contributed by atoms with Crippen LogP contribution in [0.1, 0.15) is 18.9 Å². The lowest BCUT2D eigenvalue weighted by molar-refractivity contribution is -0.153. The van der Waals surface area contributed by atoms with E-state index in [0.717, 1.165) is 5.39 Å². The van der Waals surface area contributed by atoms with Crippen LogP contribution in [0.2, 0.25) is 0 Å². The molecule has 3 heterocycles. The highest BCUT2D eigenvalue weighted by atomic mass is 32.2. The van der Waals surface area contributed by atoms with E-state index in [2.05, 4.69) is 14.7 Å². The number of nitrogens with two attached hydrogens (primary N) is 1.